The molecular weight excluding hydrogens is 364 g/mol. The second-order valence-corrected chi connectivity index (χ2v) is 6.62. The standard InChI is InChI=1S/C24H20N2O3/c1-16-8-10-18(24-26-21-15-19(28-2)11-12-22(21)29-24)14-20(16)25-23(27)13-9-17-6-4-3-5-7-17/h3-15H,1-2H3,(H,25,27). The van der Waals surface area contributed by atoms with E-state index in [-0.39, 0.29) is 5.91 Å². The van der Waals surface area contributed by atoms with Gasteiger partial charge in [-0.3, -0.25) is 4.79 Å². The predicted octanol–water partition coefficient (Wildman–Crippen LogP) is 5.46. The molecule has 5 heteroatoms. The topological polar surface area (TPSA) is 64.4 Å². The van der Waals surface area contributed by atoms with E-state index in [1.807, 2.05) is 73.7 Å². The number of anilines is 1. The predicted molar refractivity (Wildman–Crippen MR) is 115 cm³/mol. The number of benzene rings is 3. The first-order chi connectivity index (χ1) is 14.1. The van der Waals surface area contributed by atoms with Gasteiger partial charge in [0.05, 0.1) is 7.11 Å². The molecule has 144 valence electrons. The molecule has 1 amide bonds. The lowest BCUT2D eigenvalue weighted by atomic mass is 10.1. The molecule has 1 N–H and O–H groups in total. The highest BCUT2D eigenvalue weighted by Gasteiger charge is 2.11. The Morgan fingerprint density at radius 1 is 1.07 bits per heavy atom. The van der Waals surface area contributed by atoms with Gasteiger partial charge in [-0.25, -0.2) is 4.98 Å². The largest absolute Gasteiger partial charge is 0.497 e. The maximum Gasteiger partial charge on any atom is 0.248 e. The Morgan fingerprint density at radius 2 is 1.90 bits per heavy atom. The summed E-state index contributed by atoms with van der Waals surface area (Å²) in [6.07, 6.45) is 3.30. The summed E-state index contributed by atoms with van der Waals surface area (Å²) in [5.74, 6) is 1.01. The van der Waals surface area contributed by atoms with E-state index in [1.165, 1.54) is 6.08 Å². The summed E-state index contributed by atoms with van der Waals surface area (Å²) in [5.41, 5.74) is 4.82. The molecular formula is C24H20N2O3. The number of nitrogens with zero attached hydrogens (tertiary/aromatic N) is 1. The van der Waals surface area contributed by atoms with E-state index in [9.17, 15) is 4.79 Å². The number of amides is 1. The molecule has 4 aromatic rings. The third-order valence-electron chi connectivity index (χ3n) is 4.56. The smallest absolute Gasteiger partial charge is 0.248 e. The van der Waals surface area contributed by atoms with E-state index < -0.39 is 0 Å². The van der Waals surface area contributed by atoms with E-state index >= 15 is 0 Å². The summed E-state index contributed by atoms with van der Waals surface area (Å²) in [5, 5.41) is 2.93. The normalized spacial score (nSPS) is 11.1. The fraction of sp³-hybridized carbons (Fsp3) is 0.0833. The Labute approximate surface area is 168 Å². The molecule has 0 saturated heterocycles. The number of fused-ring (bicyclic) bond motifs is 1. The van der Waals surface area contributed by atoms with Crippen LogP contribution in [0.4, 0.5) is 5.69 Å². The first-order valence-electron chi connectivity index (χ1n) is 9.22. The van der Waals surface area contributed by atoms with Gasteiger partial charge in [0.2, 0.25) is 11.8 Å². The number of nitrogens with one attached hydrogen (secondary N) is 1. The Kier molecular flexibility index (Phi) is 5.12. The highest BCUT2D eigenvalue weighted by Crippen LogP contribution is 2.29. The van der Waals surface area contributed by atoms with Crippen LogP contribution in [0.3, 0.4) is 0 Å². The minimum Gasteiger partial charge on any atom is -0.497 e. The Bertz CT molecular complexity index is 1190. The molecule has 0 aliphatic heterocycles. The van der Waals surface area contributed by atoms with Gasteiger partial charge in [-0.1, -0.05) is 36.4 Å². The van der Waals surface area contributed by atoms with Crippen LogP contribution in [0, 0.1) is 6.92 Å². The lowest BCUT2D eigenvalue weighted by Crippen LogP contribution is -2.09. The van der Waals surface area contributed by atoms with E-state index in [0.717, 1.165) is 28.0 Å². The SMILES string of the molecule is COc1ccc2oc(-c3ccc(C)c(NC(=O)C=Cc4ccccc4)c3)nc2c1. The molecule has 0 aliphatic rings. The van der Waals surface area contributed by atoms with Gasteiger partial charge >= 0.3 is 0 Å². The molecule has 0 radical (unpaired) electrons. The van der Waals surface area contributed by atoms with Crippen LogP contribution < -0.4 is 10.1 Å². The van der Waals surface area contributed by atoms with Crippen LogP contribution >= 0.6 is 0 Å². The van der Waals surface area contributed by atoms with Crippen LogP contribution in [0.5, 0.6) is 5.75 Å². The lowest BCUT2D eigenvalue weighted by Gasteiger charge is -2.08. The minimum absolute atomic E-state index is 0.198. The minimum atomic E-state index is -0.198. The summed E-state index contributed by atoms with van der Waals surface area (Å²) in [6.45, 7) is 1.94. The Hall–Kier alpha value is -3.86. The molecule has 0 aliphatic carbocycles. The maximum atomic E-state index is 12.3. The van der Waals surface area contributed by atoms with Gasteiger partial charge in [0.15, 0.2) is 5.58 Å². The molecule has 0 atom stereocenters. The molecule has 0 spiro atoms. The van der Waals surface area contributed by atoms with Crippen LogP contribution in [-0.4, -0.2) is 18.0 Å². The summed E-state index contributed by atoms with van der Waals surface area (Å²) < 4.78 is 11.1. The number of aryl methyl sites for hydroxylation is 1. The fourth-order valence-corrected chi connectivity index (χ4v) is 2.96. The number of rotatable bonds is 5. The van der Waals surface area contributed by atoms with E-state index in [0.29, 0.717) is 17.2 Å². The molecule has 0 fully saturated rings. The molecule has 4 rings (SSSR count). The van der Waals surface area contributed by atoms with Gasteiger partial charge < -0.3 is 14.5 Å². The first kappa shape index (κ1) is 18.5. The van der Waals surface area contributed by atoms with Crippen LogP contribution in [0.2, 0.25) is 0 Å². The van der Waals surface area contributed by atoms with Crippen molar-refractivity contribution >= 4 is 28.8 Å². The summed E-state index contributed by atoms with van der Waals surface area (Å²) in [6, 6.07) is 20.9. The number of methoxy groups -OCH3 is 1. The van der Waals surface area contributed by atoms with Crippen molar-refractivity contribution in [1.82, 2.24) is 4.98 Å². The number of ether oxygens (including phenoxy) is 1. The van der Waals surface area contributed by atoms with Crippen molar-refractivity contribution in [3.8, 4) is 17.2 Å². The average Bonchev–Trinajstić information content (AvgIpc) is 3.18. The fourth-order valence-electron chi connectivity index (χ4n) is 2.96. The van der Waals surface area contributed by atoms with Gasteiger partial charge in [-0.2, -0.15) is 0 Å². The first-order valence-corrected chi connectivity index (χ1v) is 9.22. The zero-order valence-electron chi connectivity index (χ0n) is 16.2. The van der Waals surface area contributed by atoms with Gasteiger partial charge in [-0.15, -0.1) is 0 Å². The van der Waals surface area contributed by atoms with E-state index in [2.05, 4.69) is 10.3 Å². The number of carbonyl (C=O) groups is 1. The van der Waals surface area contributed by atoms with Crippen molar-refractivity contribution in [3.63, 3.8) is 0 Å². The van der Waals surface area contributed by atoms with Crippen molar-refractivity contribution in [2.24, 2.45) is 0 Å². The summed E-state index contributed by atoms with van der Waals surface area (Å²) in [7, 11) is 1.61. The summed E-state index contributed by atoms with van der Waals surface area (Å²) in [4.78, 5) is 16.9. The van der Waals surface area contributed by atoms with Gasteiger partial charge in [0.25, 0.3) is 0 Å². The van der Waals surface area contributed by atoms with Crippen molar-refractivity contribution in [2.75, 3.05) is 12.4 Å². The average molecular weight is 384 g/mol. The molecule has 0 bridgehead atoms. The molecule has 3 aromatic carbocycles. The molecule has 0 saturated carbocycles. The number of hydrogen-bond acceptors (Lipinski definition) is 4. The zero-order valence-corrected chi connectivity index (χ0v) is 16.2. The number of hydrogen-bond donors (Lipinski definition) is 1. The second-order valence-electron chi connectivity index (χ2n) is 6.62. The van der Waals surface area contributed by atoms with Crippen molar-refractivity contribution in [3.05, 3.63) is 83.9 Å². The number of oxazole rings is 1. The number of aromatic nitrogens is 1. The highest BCUT2D eigenvalue weighted by molar-refractivity contribution is 6.02. The second kappa shape index (κ2) is 8.02. The highest BCUT2D eigenvalue weighted by atomic mass is 16.5. The zero-order chi connectivity index (χ0) is 20.2. The van der Waals surface area contributed by atoms with E-state index in [4.69, 9.17) is 9.15 Å². The molecule has 1 heterocycles. The van der Waals surface area contributed by atoms with Crippen LogP contribution in [-0.2, 0) is 4.79 Å². The van der Waals surface area contributed by atoms with Crippen LogP contribution in [0.25, 0.3) is 28.6 Å². The van der Waals surface area contributed by atoms with Crippen LogP contribution in [0.1, 0.15) is 11.1 Å². The third-order valence-corrected chi connectivity index (χ3v) is 4.56. The van der Waals surface area contributed by atoms with Gasteiger partial charge in [0, 0.05) is 23.4 Å². The number of carbonyl (C=O) groups excluding carboxylic acids is 1. The molecule has 5 nitrogen and oxygen atoms in total. The summed E-state index contributed by atoms with van der Waals surface area (Å²) >= 11 is 0. The molecule has 29 heavy (non-hydrogen) atoms. The van der Waals surface area contributed by atoms with Crippen molar-refractivity contribution in [2.45, 2.75) is 6.92 Å². The quantitative estimate of drug-likeness (QED) is 0.464. The van der Waals surface area contributed by atoms with Gasteiger partial charge in [-0.05, 0) is 48.4 Å². The third kappa shape index (κ3) is 4.19. The van der Waals surface area contributed by atoms with E-state index in [1.54, 1.807) is 13.2 Å². The van der Waals surface area contributed by atoms with Crippen LogP contribution in [0.15, 0.2) is 77.2 Å². The monoisotopic (exact) mass is 384 g/mol. The van der Waals surface area contributed by atoms with Gasteiger partial charge in [0.1, 0.15) is 11.3 Å². The molecule has 0 unspecified atom stereocenters. The Morgan fingerprint density at radius 3 is 2.69 bits per heavy atom. The lowest BCUT2D eigenvalue weighted by molar-refractivity contribution is -0.111. The van der Waals surface area contributed by atoms with Crippen molar-refractivity contribution in [1.29, 1.82) is 0 Å². The molecule has 1 aromatic heterocycles. The maximum absolute atomic E-state index is 12.3. The Balaban J connectivity index is 1.57. The van der Waals surface area contributed by atoms with Crippen molar-refractivity contribution < 1.29 is 13.9 Å².